The highest BCUT2D eigenvalue weighted by Crippen LogP contribution is 2.04. The molecular formula is C14H16N2O4. The molecule has 2 N–H and O–H groups in total. The monoisotopic (exact) mass is 276 g/mol. The third-order valence-electron chi connectivity index (χ3n) is 2.23. The van der Waals surface area contributed by atoms with E-state index >= 15 is 0 Å². The van der Waals surface area contributed by atoms with E-state index in [1.165, 1.54) is 19.1 Å². The summed E-state index contributed by atoms with van der Waals surface area (Å²) in [6, 6.07) is 7.98. The molecule has 0 saturated carbocycles. The van der Waals surface area contributed by atoms with Crippen LogP contribution in [0.2, 0.25) is 0 Å². The molecule has 0 aliphatic carbocycles. The molecule has 3 amide bonds. The molecule has 1 aromatic carbocycles. The number of para-hydroxylation sites is 1. The fourth-order valence-corrected chi connectivity index (χ4v) is 1.30. The van der Waals surface area contributed by atoms with Gasteiger partial charge in [-0.15, -0.1) is 0 Å². The summed E-state index contributed by atoms with van der Waals surface area (Å²) in [5.41, 5.74) is 0.552. The molecule has 106 valence electrons. The SMILES string of the molecule is C/C=C/C(=O)OC(C)C(=O)NC(=O)Nc1ccccc1. The van der Waals surface area contributed by atoms with E-state index in [4.69, 9.17) is 4.74 Å². The zero-order valence-corrected chi connectivity index (χ0v) is 11.3. The largest absolute Gasteiger partial charge is 0.449 e. The van der Waals surface area contributed by atoms with Crippen LogP contribution in [0, 0.1) is 0 Å². The summed E-state index contributed by atoms with van der Waals surface area (Å²) in [7, 11) is 0. The van der Waals surface area contributed by atoms with E-state index < -0.39 is 24.0 Å². The van der Waals surface area contributed by atoms with Gasteiger partial charge in [-0.25, -0.2) is 9.59 Å². The lowest BCUT2D eigenvalue weighted by molar-refractivity contribution is -0.149. The second kappa shape index (κ2) is 7.73. The van der Waals surface area contributed by atoms with Crippen LogP contribution in [0.15, 0.2) is 42.5 Å². The van der Waals surface area contributed by atoms with E-state index in [-0.39, 0.29) is 0 Å². The van der Waals surface area contributed by atoms with Gasteiger partial charge in [-0.3, -0.25) is 10.1 Å². The normalized spacial score (nSPS) is 11.7. The molecule has 0 saturated heterocycles. The van der Waals surface area contributed by atoms with Gasteiger partial charge in [-0.1, -0.05) is 24.3 Å². The molecule has 6 nitrogen and oxygen atoms in total. The Morgan fingerprint density at radius 2 is 1.85 bits per heavy atom. The lowest BCUT2D eigenvalue weighted by Crippen LogP contribution is -2.41. The lowest BCUT2D eigenvalue weighted by atomic mass is 10.3. The smallest absolute Gasteiger partial charge is 0.331 e. The highest BCUT2D eigenvalue weighted by atomic mass is 16.5. The van der Waals surface area contributed by atoms with E-state index in [0.717, 1.165) is 0 Å². The average Bonchev–Trinajstić information content (AvgIpc) is 2.39. The summed E-state index contributed by atoms with van der Waals surface area (Å²) in [5, 5.41) is 4.57. The fraction of sp³-hybridized carbons (Fsp3) is 0.214. The molecule has 0 aliphatic heterocycles. The van der Waals surface area contributed by atoms with Gasteiger partial charge in [0, 0.05) is 11.8 Å². The van der Waals surface area contributed by atoms with E-state index in [1.807, 2.05) is 0 Å². The first kappa shape index (κ1) is 15.4. The quantitative estimate of drug-likeness (QED) is 0.649. The molecule has 0 spiro atoms. The summed E-state index contributed by atoms with van der Waals surface area (Å²) in [4.78, 5) is 34.3. The van der Waals surface area contributed by atoms with Crippen molar-refractivity contribution in [1.29, 1.82) is 0 Å². The third kappa shape index (κ3) is 5.34. The van der Waals surface area contributed by atoms with Crippen LogP contribution in [0.5, 0.6) is 0 Å². The minimum absolute atomic E-state index is 0.552. The van der Waals surface area contributed by atoms with Crippen molar-refractivity contribution in [3.8, 4) is 0 Å². The van der Waals surface area contributed by atoms with Gasteiger partial charge in [0.2, 0.25) is 0 Å². The molecule has 0 heterocycles. The minimum Gasteiger partial charge on any atom is -0.449 e. The summed E-state index contributed by atoms with van der Waals surface area (Å²) in [5.74, 6) is -1.34. The van der Waals surface area contributed by atoms with Crippen molar-refractivity contribution in [2.75, 3.05) is 5.32 Å². The predicted molar refractivity (Wildman–Crippen MR) is 74.0 cm³/mol. The van der Waals surface area contributed by atoms with E-state index in [2.05, 4.69) is 10.6 Å². The Balaban J connectivity index is 2.45. The number of esters is 1. The van der Waals surface area contributed by atoms with Gasteiger partial charge in [-0.2, -0.15) is 0 Å². The molecule has 0 aromatic heterocycles. The molecule has 1 atom stereocenters. The second-order valence-electron chi connectivity index (χ2n) is 3.89. The molecule has 1 rings (SSSR count). The maximum Gasteiger partial charge on any atom is 0.331 e. The molecule has 6 heteroatoms. The Kier molecular flexibility index (Phi) is 5.96. The molecule has 0 bridgehead atoms. The Labute approximate surface area is 116 Å². The zero-order valence-electron chi connectivity index (χ0n) is 11.3. The number of allylic oxidation sites excluding steroid dienone is 1. The molecule has 0 radical (unpaired) electrons. The van der Waals surface area contributed by atoms with E-state index in [0.29, 0.717) is 5.69 Å². The van der Waals surface area contributed by atoms with Crippen LogP contribution in [-0.4, -0.2) is 24.0 Å². The number of urea groups is 1. The fourth-order valence-electron chi connectivity index (χ4n) is 1.30. The molecular weight excluding hydrogens is 260 g/mol. The van der Waals surface area contributed by atoms with Gasteiger partial charge < -0.3 is 10.1 Å². The van der Waals surface area contributed by atoms with Gasteiger partial charge in [0.05, 0.1) is 0 Å². The van der Waals surface area contributed by atoms with Crippen molar-refractivity contribution >= 4 is 23.6 Å². The molecule has 0 fully saturated rings. The number of hydrogen-bond donors (Lipinski definition) is 2. The minimum atomic E-state index is -1.06. The van der Waals surface area contributed by atoms with Crippen LogP contribution < -0.4 is 10.6 Å². The first-order chi connectivity index (χ1) is 9.52. The van der Waals surface area contributed by atoms with Gasteiger partial charge in [-0.05, 0) is 26.0 Å². The van der Waals surface area contributed by atoms with Crippen LogP contribution in [0.25, 0.3) is 0 Å². The van der Waals surface area contributed by atoms with Crippen molar-refractivity contribution in [3.63, 3.8) is 0 Å². The second-order valence-corrected chi connectivity index (χ2v) is 3.89. The number of amides is 3. The molecule has 1 unspecified atom stereocenters. The predicted octanol–water partition coefficient (Wildman–Crippen LogP) is 1.84. The summed E-state index contributed by atoms with van der Waals surface area (Å²) >= 11 is 0. The number of imide groups is 1. The highest BCUT2D eigenvalue weighted by Gasteiger charge is 2.18. The Hall–Kier alpha value is -2.63. The number of nitrogens with one attached hydrogen (secondary N) is 2. The van der Waals surface area contributed by atoms with Crippen LogP contribution in [-0.2, 0) is 14.3 Å². The number of anilines is 1. The average molecular weight is 276 g/mol. The van der Waals surface area contributed by atoms with Gasteiger partial charge in [0.25, 0.3) is 5.91 Å². The Bertz CT molecular complexity index is 511. The zero-order chi connectivity index (χ0) is 15.0. The van der Waals surface area contributed by atoms with Gasteiger partial charge in [0.15, 0.2) is 6.10 Å². The lowest BCUT2D eigenvalue weighted by Gasteiger charge is -2.12. The highest BCUT2D eigenvalue weighted by molar-refractivity contribution is 6.03. The van der Waals surface area contributed by atoms with Crippen molar-refractivity contribution < 1.29 is 19.1 Å². The van der Waals surface area contributed by atoms with Crippen molar-refractivity contribution in [1.82, 2.24) is 5.32 Å². The van der Waals surface area contributed by atoms with Crippen molar-refractivity contribution in [2.45, 2.75) is 20.0 Å². The van der Waals surface area contributed by atoms with Crippen LogP contribution in [0.4, 0.5) is 10.5 Å². The molecule has 0 aliphatic rings. The number of rotatable bonds is 4. The maximum absolute atomic E-state index is 11.6. The molecule has 20 heavy (non-hydrogen) atoms. The van der Waals surface area contributed by atoms with Crippen LogP contribution in [0.1, 0.15) is 13.8 Å². The van der Waals surface area contributed by atoms with E-state index in [9.17, 15) is 14.4 Å². The summed E-state index contributed by atoms with van der Waals surface area (Å²) in [6.07, 6.45) is 1.63. The van der Waals surface area contributed by atoms with Crippen molar-refractivity contribution in [3.05, 3.63) is 42.5 Å². The van der Waals surface area contributed by atoms with Gasteiger partial charge in [0.1, 0.15) is 0 Å². The van der Waals surface area contributed by atoms with Crippen molar-refractivity contribution in [2.24, 2.45) is 0 Å². The number of benzene rings is 1. The number of hydrogen-bond acceptors (Lipinski definition) is 4. The maximum atomic E-state index is 11.6. The molecule has 1 aromatic rings. The van der Waals surface area contributed by atoms with E-state index in [1.54, 1.807) is 37.3 Å². The Morgan fingerprint density at radius 1 is 1.20 bits per heavy atom. The van der Waals surface area contributed by atoms with Crippen LogP contribution >= 0.6 is 0 Å². The van der Waals surface area contributed by atoms with Crippen LogP contribution in [0.3, 0.4) is 0 Å². The van der Waals surface area contributed by atoms with Gasteiger partial charge >= 0.3 is 12.0 Å². The first-order valence-electron chi connectivity index (χ1n) is 6.03. The third-order valence-corrected chi connectivity index (χ3v) is 2.23. The summed E-state index contributed by atoms with van der Waals surface area (Å²) < 4.78 is 4.79. The topological polar surface area (TPSA) is 84.5 Å². The Morgan fingerprint density at radius 3 is 2.45 bits per heavy atom. The number of carbonyl (C=O) groups excluding carboxylic acids is 3. The first-order valence-corrected chi connectivity index (χ1v) is 6.03. The number of ether oxygens (including phenoxy) is 1. The standard InChI is InChI=1S/C14H16N2O4/c1-3-7-12(17)20-10(2)13(18)16-14(19)15-11-8-5-4-6-9-11/h3-10H,1-2H3,(H2,15,16,18,19)/b7-3+. The number of carbonyl (C=O) groups is 3. The summed E-state index contributed by atoms with van der Waals surface area (Å²) in [6.45, 7) is 3.03.